The van der Waals surface area contributed by atoms with E-state index in [4.69, 9.17) is 5.73 Å². The lowest BCUT2D eigenvalue weighted by Crippen LogP contribution is -2.10. The summed E-state index contributed by atoms with van der Waals surface area (Å²) in [6, 6.07) is 6.19. The molecule has 1 aromatic carbocycles. The van der Waals surface area contributed by atoms with Gasteiger partial charge in [-0.3, -0.25) is 0 Å². The molecule has 4 heteroatoms. The van der Waals surface area contributed by atoms with Crippen LogP contribution in [-0.2, 0) is 0 Å². The van der Waals surface area contributed by atoms with Gasteiger partial charge in [0.05, 0.1) is 0 Å². The molecule has 0 unspecified atom stereocenters. The minimum Gasteiger partial charge on any atom is -0.435 e. The van der Waals surface area contributed by atoms with E-state index < -0.39 is 6.61 Å². The van der Waals surface area contributed by atoms with Gasteiger partial charge in [0.15, 0.2) is 0 Å². The van der Waals surface area contributed by atoms with Gasteiger partial charge in [0.1, 0.15) is 5.75 Å². The van der Waals surface area contributed by atoms with Gasteiger partial charge in [0, 0.05) is 6.04 Å². The van der Waals surface area contributed by atoms with Crippen molar-refractivity contribution in [2.24, 2.45) is 5.73 Å². The molecule has 0 spiro atoms. The Balaban J connectivity index is 2.66. The Morgan fingerprint density at radius 1 is 1.38 bits per heavy atom. The van der Waals surface area contributed by atoms with Gasteiger partial charge in [-0.1, -0.05) is 17.7 Å². The first kappa shape index (κ1) is 12.6. The van der Waals surface area contributed by atoms with Gasteiger partial charge in [-0.25, -0.2) is 0 Å². The van der Waals surface area contributed by atoms with Crippen LogP contribution in [0.25, 0.3) is 0 Å². The number of ether oxygens (including phenoxy) is 1. The third-order valence-corrected chi connectivity index (χ3v) is 2.10. The Bertz CT molecular complexity index is 349. The molecule has 0 fully saturated rings. The van der Waals surface area contributed by atoms with E-state index >= 15 is 0 Å². The number of halogens is 2. The standard InChI is InChI=1S/C12H15F2NO/c1-8(2)7-11(15)9-3-5-10(6-4-9)16-12(13)14/h3-6,11-12H,1,7,15H2,2H3/t11-/m0/s1. The Morgan fingerprint density at radius 2 is 1.94 bits per heavy atom. The molecule has 0 heterocycles. The molecule has 0 bridgehead atoms. The zero-order valence-electron chi connectivity index (χ0n) is 9.12. The van der Waals surface area contributed by atoms with Crippen molar-refractivity contribution in [3.63, 3.8) is 0 Å². The van der Waals surface area contributed by atoms with Crippen LogP contribution < -0.4 is 10.5 Å². The average molecular weight is 227 g/mol. The van der Waals surface area contributed by atoms with Crippen molar-refractivity contribution in [1.82, 2.24) is 0 Å². The molecule has 2 N–H and O–H groups in total. The molecule has 1 rings (SSSR count). The summed E-state index contributed by atoms with van der Waals surface area (Å²) in [5, 5.41) is 0. The van der Waals surface area contributed by atoms with E-state index in [0.29, 0.717) is 6.42 Å². The molecule has 0 aliphatic rings. The van der Waals surface area contributed by atoms with Crippen LogP contribution in [0, 0.1) is 0 Å². The smallest absolute Gasteiger partial charge is 0.387 e. The molecular formula is C12H15F2NO. The first-order valence-corrected chi connectivity index (χ1v) is 4.93. The van der Waals surface area contributed by atoms with Crippen LogP contribution in [0.3, 0.4) is 0 Å². The van der Waals surface area contributed by atoms with Crippen LogP contribution in [0.2, 0.25) is 0 Å². The van der Waals surface area contributed by atoms with E-state index in [1.165, 1.54) is 12.1 Å². The van der Waals surface area contributed by atoms with Gasteiger partial charge in [-0.15, -0.1) is 6.58 Å². The predicted octanol–water partition coefficient (Wildman–Crippen LogP) is 3.25. The SMILES string of the molecule is C=C(C)C[C@H](N)c1ccc(OC(F)F)cc1. The third kappa shape index (κ3) is 3.98. The molecule has 0 amide bonds. The second-order valence-corrected chi connectivity index (χ2v) is 3.72. The van der Waals surface area contributed by atoms with Crippen LogP contribution in [0.1, 0.15) is 24.9 Å². The van der Waals surface area contributed by atoms with Crippen molar-refractivity contribution in [2.45, 2.75) is 26.0 Å². The van der Waals surface area contributed by atoms with E-state index in [9.17, 15) is 8.78 Å². The summed E-state index contributed by atoms with van der Waals surface area (Å²) >= 11 is 0. The fourth-order valence-corrected chi connectivity index (χ4v) is 1.39. The third-order valence-electron chi connectivity index (χ3n) is 2.10. The van der Waals surface area contributed by atoms with Gasteiger partial charge >= 0.3 is 6.61 Å². The van der Waals surface area contributed by atoms with Gasteiger partial charge < -0.3 is 10.5 Å². The summed E-state index contributed by atoms with van der Waals surface area (Å²) < 4.78 is 28.0. The van der Waals surface area contributed by atoms with Crippen molar-refractivity contribution in [3.8, 4) is 5.75 Å². The van der Waals surface area contributed by atoms with Crippen molar-refractivity contribution in [2.75, 3.05) is 0 Å². The summed E-state index contributed by atoms with van der Waals surface area (Å²) in [6.45, 7) is 2.87. The van der Waals surface area contributed by atoms with Crippen molar-refractivity contribution < 1.29 is 13.5 Å². The van der Waals surface area contributed by atoms with Crippen LogP contribution in [0.4, 0.5) is 8.78 Å². The Labute approximate surface area is 93.7 Å². The first-order chi connectivity index (χ1) is 7.49. The molecule has 88 valence electrons. The van der Waals surface area contributed by atoms with E-state index in [1.54, 1.807) is 12.1 Å². The average Bonchev–Trinajstić information content (AvgIpc) is 2.16. The van der Waals surface area contributed by atoms with Crippen LogP contribution in [0.5, 0.6) is 5.75 Å². The highest BCUT2D eigenvalue weighted by atomic mass is 19.3. The lowest BCUT2D eigenvalue weighted by atomic mass is 10.0. The summed E-state index contributed by atoms with van der Waals surface area (Å²) in [5.74, 6) is 0.140. The Morgan fingerprint density at radius 3 is 2.38 bits per heavy atom. The topological polar surface area (TPSA) is 35.2 Å². The maximum Gasteiger partial charge on any atom is 0.387 e. The largest absolute Gasteiger partial charge is 0.435 e. The predicted molar refractivity (Wildman–Crippen MR) is 59.4 cm³/mol. The number of benzene rings is 1. The summed E-state index contributed by atoms with van der Waals surface area (Å²) in [4.78, 5) is 0. The monoisotopic (exact) mass is 227 g/mol. The zero-order valence-corrected chi connectivity index (χ0v) is 9.12. The highest BCUT2D eigenvalue weighted by molar-refractivity contribution is 5.29. The fraction of sp³-hybridized carbons (Fsp3) is 0.333. The number of alkyl halides is 2. The summed E-state index contributed by atoms with van der Waals surface area (Å²) in [7, 11) is 0. The highest BCUT2D eigenvalue weighted by Gasteiger charge is 2.08. The van der Waals surface area contributed by atoms with Crippen molar-refractivity contribution >= 4 is 0 Å². The van der Waals surface area contributed by atoms with E-state index in [1.807, 2.05) is 6.92 Å². The fourth-order valence-electron chi connectivity index (χ4n) is 1.39. The van der Waals surface area contributed by atoms with Gasteiger partial charge in [-0.2, -0.15) is 8.78 Å². The molecule has 0 aliphatic heterocycles. The Hall–Kier alpha value is -1.42. The second kappa shape index (κ2) is 5.61. The second-order valence-electron chi connectivity index (χ2n) is 3.72. The van der Waals surface area contributed by atoms with Gasteiger partial charge in [-0.05, 0) is 31.0 Å². The maximum absolute atomic E-state index is 11.9. The molecule has 0 radical (unpaired) electrons. The normalized spacial score (nSPS) is 12.6. The summed E-state index contributed by atoms with van der Waals surface area (Å²) in [5.41, 5.74) is 7.76. The van der Waals surface area contributed by atoms with Crippen molar-refractivity contribution in [3.05, 3.63) is 42.0 Å². The van der Waals surface area contributed by atoms with Crippen LogP contribution >= 0.6 is 0 Å². The molecular weight excluding hydrogens is 212 g/mol. The minimum atomic E-state index is -2.80. The molecule has 0 saturated heterocycles. The molecule has 0 aliphatic carbocycles. The maximum atomic E-state index is 11.9. The highest BCUT2D eigenvalue weighted by Crippen LogP contribution is 2.21. The molecule has 16 heavy (non-hydrogen) atoms. The van der Waals surface area contributed by atoms with E-state index in [2.05, 4.69) is 11.3 Å². The first-order valence-electron chi connectivity index (χ1n) is 4.93. The minimum absolute atomic E-state index is 0.140. The molecule has 0 aromatic heterocycles. The number of rotatable bonds is 5. The van der Waals surface area contributed by atoms with Gasteiger partial charge in [0.25, 0.3) is 0 Å². The number of nitrogens with two attached hydrogens (primary N) is 1. The zero-order chi connectivity index (χ0) is 12.1. The Kier molecular flexibility index (Phi) is 4.43. The van der Waals surface area contributed by atoms with Crippen LogP contribution in [0.15, 0.2) is 36.4 Å². The van der Waals surface area contributed by atoms with Crippen molar-refractivity contribution in [1.29, 1.82) is 0 Å². The van der Waals surface area contributed by atoms with E-state index in [-0.39, 0.29) is 11.8 Å². The summed E-state index contributed by atoms with van der Waals surface area (Å²) in [6.07, 6.45) is 0.676. The van der Waals surface area contributed by atoms with Crippen LogP contribution in [-0.4, -0.2) is 6.61 Å². The number of hydrogen-bond acceptors (Lipinski definition) is 2. The molecule has 0 saturated carbocycles. The quantitative estimate of drug-likeness (QED) is 0.783. The van der Waals surface area contributed by atoms with E-state index in [0.717, 1.165) is 11.1 Å². The number of hydrogen-bond donors (Lipinski definition) is 1. The lowest BCUT2D eigenvalue weighted by molar-refractivity contribution is -0.0498. The molecule has 1 atom stereocenters. The van der Waals surface area contributed by atoms with Gasteiger partial charge in [0.2, 0.25) is 0 Å². The lowest BCUT2D eigenvalue weighted by Gasteiger charge is -2.12. The molecule has 2 nitrogen and oxygen atoms in total. The molecule has 1 aromatic rings.